The summed E-state index contributed by atoms with van der Waals surface area (Å²) in [4.78, 5) is 12.3. The van der Waals surface area contributed by atoms with E-state index in [1.807, 2.05) is 0 Å². The number of nitrogens with zero attached hydrogens (tertiary/aromatic N) is 1. The first-order valence-electron chi connectivity index (χ1n) is 10.4. The fourth-order valence-corrected chi connectivity index (χ4v) is 4.95. The Balaban J connectivity index is 1.70. The first-order chi connectivity index (χ1) is 16.7. The number of halogens is 3. The number of benzene rings is 3. The SMILES string of the molecule is CCS(=O)(=O)N(C)c1ccc(C(=O)Nc2ccc(S(=O)(=O)Nc3cccc(C(F)(F)F)c3)cc2)cc1. The van der Waals surface area contributed by atoms with E-state index in [4.69, 9.17) is 0 Å². The molecule has 13 heteroatoms. The summed E-state index contributed by atoms with van der Waals surface area (Å²) in [7, 11) is -6.23. The molecule has 0 heterocycles. The normalized spacial score (nSPS) is 12.1. The first-order valence-corrected chi connectivity index (χ1v) is 13.5. The molecule has 0 radical (unpaired) electrons. The smallest absolute Gasteiger partial charge is 0.322 e. The second-order valence-electron chi connectivity index (χ2n) is 7.58. The fourth-order valence-electron chi connectivity index (χ4n) is 3.07. The van der Waals surface area contributed by atoms with Gasteiger partial charge in [0.15, 0.2) is 0 Å². The summed E-state index contributed by atoms with van der Waals surface area (Å²) in [6.45, 7) is 1.52. The molecule has 0 aliphatic heterocycles. The van der Waals surface area contributed by atoms with Gasteiger partial charge in [-0.3, -0.25) is 13.8 Å². The minimum absolute atomic E-state index is 0.0765. The maximum atomic E-state index is 12.9. The van der Waals surface area contributed by atoms with Gasteiger partial charge in [-0.1, -0.05) is 6.07 Å². The van der Waals surface area contributed by atoms with Gasteiger partial charge in [-0.2, -0.15) is 13.2 Å². The molecule has 0 bridgehead atoms. The Labute approximate surface area is 206 Å². The van der Waals surface area contributed by atoms with Gasteiger partial charge in [0.1, 0.15) is 0 Å². The van der Waals surface area contributed by atoms with E-state index in [9.17, 15) is 34.8 Å². The van der Waals surface area contributed by atoms with E-state index in [0.29, 0.717) is 11.8 Å². The highest BCUT2D eigenvalue weighted by atomic mass is 32.2. The van der Waals surface area contributed by atoms with Crippen LogP contribution in [0.15, 0.2) is 77.7 Å². The van der Waals surface area contributed by atoms with Crippen molar-refractivity contribution in [1.82, 2.24) is 0 Å². The van der Waals surface area contributed by atoms with Crippen molar-refractivity contribution >= 4 is 43.0 Å². The molecule has 1 amide bonds. The van der Waals surface area contributed by atoms with Crippen LogP contribution < -0.4 is 14.3 Å². The molecule has 0 atom stereocenters. The summed E-state index contributed by atoms with van der Waals surface area (Å²) in [5, 5.41) is 2.59. The van der Waals surface area contributed by atoms with Gasteiger partial charge in [0.05, 0.1) is 21.9 Å². The summed E-state index contributed by atoms with van der Waals surface area (Å²) >= 11 is 0. The Morgan fingerprint density at radius 1 is 0.889 bits per heavy atom. The third kappa shape index (κ3) is 6.34. The van der Waals surface area contributed by atoms with Crippen molar-refractivity contribution in [2.45, 2.75) is 18.0 Å². The largest absolute Gasteiger partial charge is 0.416 e. The standard InChI is InChI=1S/C23H22F3N3O5S2/c1-3-35(31,32)29(2)20-11-7-16(8-12-20)22(30)27-18-9-13-21(14-10-18)36(33,34)28-19-6-4-5-17(15-19)23(24,25)26/h4-15,28H,3H2,1-2H3,(H,27,30). The van der Waals surface area contributed by atoms with Gasteiger partial charge in [-0.25, -0.2) is 16.8 Å². The Kier molecular flexibility index (Phi) is 7.65. The van der Waals surface area contributed by atoms with Crippen molar-refractivity contribution < 1.29 is 34.8 Å². The predicted molar refractivity (Wildman–Crippen MR) is 131 cm³/mol. The summed E-state index contributed by atoms with van der Waals surface area (Å²) in [5.41, 5.74) is -0.344. The lowest BCUT2D eigenvalue weighted by atomic mass is 10.2. The quantitative estimate of drug-likeness (QED) is 0.435. The molecule has 8 nitrogen and oxygen atoms in total. The number of hydrogen-bond acceptors (Lipinski definition) is 5. The summed E-state index contributed by atoms with van der Waals surface area (Å²) in [5.74, 6) is -0.590. The summed E-state index contributed by atoms with van der Waals surface area (Å²) in [6.07, 6.45) is -4.62. The Hall–Kier alpha value is -3.58. The van der Waals surface area contributed by atoms with Crippen LogP contribution in [-0.2, 0) is 26.2 Å². The van der Waals surface area contributed by atoms with Gasteiger partial charge in [0, 0.05) is 24.0 Å². The lowest BCUT2D eigenvalue weighted by Gasteiger charge is -2.18. The molecule has 192 valence electrons. The zero-order valence-corrected chi connectivity index (χ0v) is 20.7. The number of nitrogens with one attached hydrogen (secondary N) is 2. The van der Waals surface area contributed by atoms with Crippen LogP contribution in [0.2, 0.25) is 0 Å². The van der Waals surface area contributed by atoms with Crippen molar-refractivity contribution in [2.24, 2.45) is 0 Å². The first kappa shape index (κ1) is 27.0. The number of hydrogen-bond donors (Lipinski definition) is 2. The summed E-state index contributed by atoms with van der Waals surface area (Å²) < 4.78 is 90.9. The zero-order valence-electron chi connectivity index (χ0n) is 19.1. The number of alkyl halides is 3. The van der Waals surface area contributed by atoms with Gasteiger partial charge < -0.3 is 5.32 Å². The van der Waals surface area contributed by atoms with Gasteiger partial charge in [-0.15, -0.1) is 0 Å². The number of amides is 1. The molecule has 0 aliphatic carbocycles. The van der Waals surface area contributed by atoms with E-state index < -0.39 is 37.7 Å². The molecule has 3 rings (SSSR count). The highest BCUT2D eigenvalue weighted by molar-refractivity contribution is 7.93. The molecule has 0 fully saturated rings. The van der Waals surface area contributed by atoms with Gasteiger partial charge in [-0.05, 0) is 73.7 Å². The van der Waals surface area contributed by atoms with Gasteiger partial charge in [0.25, 0.3) is 15.9 Å². The summed E-state index contributed by atoms with van der Waals surface area (Å²) in [6, 6.07) is 14.7. The van der Waals surface area contributed by atoms with E-state index in [-0.39, 0.29) is 27.6 Å². The molecule has 3 aromatic rings. The van der Waals surface area contributed by atoms with Crippen LogP contribution in [0.1, 0.15) is 22.8 Å². The second kappa shape index (κ2) is 10.2. The minimum atomic E-state index is -4.62. The number of carbonyl (C=O) groups excluding carboxylic acids is 1. The lowest BCUT2D eigenvalue weighted by Crippen LogP contribution is -2.28. The molecule has 2 N–H and O–H groups in total. The number of rotatable bonds is 8. The molecular formula is C23H22F3N3O5S2. The minimum Gasteiger partial charge on any atom is -0.322 e. The van der Waals surface area contributed by atoms with Crippen LogP contribution in [-0.4, -0.2) is 35.5 Å². The Morgan fingerprint density at radius 3 is 2.06 bits per heavy atom. The van der Waals surface area contributed by atoms with Crippen molar-refractivity contribution in [2.75, 3.05) is 27.1 Å². The molecular weight excluding hydrogens is 519 g/mol. The second-order valence-corrected chi connectivity index (χ2v) is 11.5. The third-order valence-electron chi connectivity index (χ3n) is 5.14. The van der Waals surface area contributed by atoms with Crippen LogP contribution >= 0.6 is 0 Å². The van der Waals surface area contributed by atoms with Crippen LogP contribution in [0.5, 0.6) is 0 Å². The topological polar surface area (TPSA) is 113 Å². The van der Waals surface area contributed by atoms with E-state index >= 15 is 0 Å². The Bertz CT molecular complexity index is 1460. The van der Waals surface area contributed by atoms with Crippen LogP contribution in [0.25, 0.3) is 0 Å². The van der Waals surface area contributed by atoms with Crippen LogP contribution in [0, 0.1) is 0 Å². The van der Waals surface area contributed by atoms with E-state index in [1.165, 1.54) is 68.6 Å². The van der Waals surface area contributed by atoms with Gasteiger partial charge >= 0.3 is 6.18 Å². The highest BCUT2D eigenvalue weighted by Gasteiger charge is 2.30. The average Bonchev–Trinajstić information content (AvgIpc) is 2.83. The maximum absolute atomic E-state index is 12.9. The molecule has 0 saturated carbocycles. The molecule has 0 spiro atoms. The third-order valence-corrected chi connectivity index (χ3v) is 8.31. The number of carbonyl (C=O) groups is 1. The maximum Gasteiger partial charge on any atom is 0.416 e. The van der Waals surface area contributed by atoms with Crippen molar-refractivity contribution in [1.29, 1.82) is 0 Å². The lowest BCUT2D eigenvalue weighted by molar-refractivity contribution is -0.137. The van der Waals surface area contributed by atoms with E-state index in [0.717, 1.165) is 16.4 Å². The highest BCUT2D eigenvalue weighted by Crippen LogP contribution is 2.31. The fraction of sp³-hybridized carbons (Fsp3) is 0.174. The van der Waals surface area contributed by atoms with Crippen molar-refractivity contribution in [3.05, 3.63) is 83.9 Å². The molecule has 36 heavy (non-hydrogen) atoms. The van der Waals surface area contributed by atoms with Crippen LogP contribution in [0.3, 0.4) is 0 Å². The molecule has 0 saturated heterocycles. The van der Waals surface area contributed by atoms with E-state index in [2.05, 4.69) is 10.0 Å². The molecule has 0 aromatic heterocycles. The Morgan fingerprint density at radius 2 is 1.50 bits per heavy atom. The van der Waals surface area contributed by atoms with Crippen molar-refractivity contribution in [3.63, 3.8) is 0 Å². The van der Waals surface area contributed by atoms with Crippen LogP contribution in [0.4, 0.5) is 30.2 Å². The van der Waals surface area contributed by atoms with Gasteiger partial charge in [0.2, 0.25) is 10.0 Å². The average molecular weight is 542 g/mol. The molecule has 3 aromatic carbocycles. The van der Waals surface area contributed by atoms with Crippen molar-refractivity contribution in [3.8, 4) is 0 Å². The molecule has 0 unspecified atom stereocenters. The number of anilines is 3. The zero-order chi connectivity index (χ0) is 26.7. The van der Waals surface area contributed by atoms with E-state index in [1.54, 1.807) is 0 Å². The monoisotopic (exact) mass is 541 g/mol. The predicted octanol–water partition coefficient (Wildman–Crippen LogP) is 4.54. The number of sulfonamides is 2. The molecule has 0 aliphatic rings.